The number of thiazole rings is 1. The van der Waals surface area contributed by atoms with Gasteiger partial charge in [0.2, 0.25) is 5.91 Å². The van der Waals surface area contributed by atoms with E-state index in [4.69, 9.17) is 11.5 Å². The summed E-state index contributed by atoms with van der Waals surface area (Å²) in [5.74, 6) is -0.748. The first-order chi connectivity index (χ1) is 14.9. The fourth-order valence-corrected chi connectivity index (χ4v) is 4.86. The van der Waals surface area contributed by atoms with E-state index in [1.807, 2.05) is 29.2 Å². The summed E-state index contributed by atoms with van der Waals surface area (Å²) >= 11 is 1.39. The second kappa shape index (κ2) is 8.81. The van der Waals surface area contributed by atoms with Crippen LogP contribution in [0.1, 0.15) is 36.2 Å². The summed E-state index contributed by atoms with van der Waals surface area (Å²) in [6.45, 7) is 2.63. The van der Waals surface area contributed by atoms with Crippen molar-refractivity contribution in [1.82, 2.24) is 4.98 Å². The molecule has 6 N–H and O–H groups in total. The molecule has 2 aromatic rings. The van der Waals surface area contributed by atoms with Gasteiger partial charge in [0.15, 0.2) is 5.13 Å². The van der Waals surface area contributed by atoms with Gasteiger partial charge in [0, 0.05) is 31.6 Å². The summed E-state index contributed by atoms with van der Waals surface area (Å²) in [5, 5.41) is 15.2. The highest BCUT2D eigenvalue weighted by atomic mass is 32.1. The molecule has 0 atom stereocenters. The molecule has 0 spiro atoms. The molecule has 2 aliphatic heterocycles. The fraction of sp³-hybridized carbons (Fsp3) is 0.476. The van der Waals surface area contributed by atoms with Crippen molar-refractivity contribution < 1.29 is 14.7 Å². The largest absolute Gasteiger partial charge is 0.393 e. The van der Waals surface area contributed by atoms with Crippen LogP contribution in [0, 0.1) is 0 Å². The SMILES string of the molecule is NC(=O)C1(N)CCN(c2nc(C(=O)Nc3ccccc3N3CCC(O)CC3)cs2)CC1. The third kappa shape index (κ3) is 4.65. The Morgan fingerprint density at radius 1 is 1.13 bits per heavy atom. The first-order valence-electron chi connectivity index (χ1n) is 10.5. The third-order valence-corrected chi connectivity index (χ3v) is 7.00. The van der Waals surface area contributed by atoms with Crippen molar-refractivity contribution in [1.29, 1.82) is 0 Å². The highest BCUT2D eigenvalue weighted by Crippen LogP contribution is 2.30. The molecular formula is C21H28N6O3S. The van der Waals surface area contributed by atoms with E-state index in [1.165, 1.54) is 11.3 Å². The van der Waals surface area contributed by atoms with Crippen molar-refractivity contribution in [2.24, 2.45) is 11.5 Å². The molecule has 1 aromatic carbocycles. The number of para-hydroxylation sites is 2. The second-order valence-electron chi connectivity index (χ2n) is 8.21. The van der Waals surface area contributed by atoms with Crippen molar-refractivity contribution in [3.8, 4) is 0 Å². The Labute approximate surface area is 185 Å². The number of primary amides is 1. The van der Waals surface area contributed by atoms with Gasteiger partial charge in [0.25, 0.3) is 5.91 Å². The Kier molecular flexibility index (Phi) is 6.12. The number of nitrogens with one attached hydrogen (secondary N) is 1. The van der Waals surface area contributed by atoms with Gasteiger partial charge in [-0.05, 0) is 37.8 Å². The van der Waals surface area contributed by atoms with Crippen LogP contribution in [0.15, 0.2) is 29.6 Å². The lowest BCUT2D eigenvalue weighted by Gasteiger charge is -2.36. The average molecular weight is 445 g/mol. The van der Waals surface area contributed by atoms with E-state index in [0.29, 0.717) is 44.5 Å². The van der Waals surface area contributed by atoms with Gasteiger partial charge in [-0.15, -0.1) is 11.3 Å². The van der Waals surface area contributed by atoms with Crippen LogP contribution in [0.4, 0.5) is 16.5 Å². The molecule has 2 amide bonds. The van der Waals surface area contributed by atoms with E-state index in [-0.39, 0.29) is 12.0 Å². The van der Waals surface area contributed by atoms with Crippen LogP contribution in [0.3, 0.4) is 0 Å². The monoisotopic (exact) mass is 444 g/mol. The Morgan fingerprint density at radius 3 is 2.48 bits per heavy atom. The maximum atomic E-state index is 12.9. The molecule has 0 radical (unpaired) electrons. The van der Waals surface area contributed by atoms with E-state index in [1.54, 1.807) is 5.38 Å². The third-order valence-electron chi connectivity index (χ3n) is 6.10. The van der Waals surface area contributed by atoms with Crippen LogP contribution in [-0.2, 0) is 4.79 Å². The second-order valence-corrected chi connectivity index (χ2v) is 9.05. The number of benzene rings is 1. The van der Waals surface area contributed by atoms with Crippen LogP contribution >= 0.6 is 11.3 Å². The lowest BCUT2D eigenvalue weighted by Crippen LogP contribution is -2.58. The molecule has 31 heavy (non-hydrogen) atoms. The van der Waals surface area contributed by atoms with Gasteiger partial charge in [-0.2, -0.15) is 0 Å². The highest BCUT2D eigenvalue weighted by Gasteiger charge is 2.36. The summed E-state index contributed by atoms with van der Waals surface area (Å²) in [6, 6.07) is 7.68. The topological polar surface area (TPSA) is 138 Å². The van der Waals surface area contributed by atoms with Crippen LogP contribution in [0.5, 0.6) is 0 Å². The number of nitrogens with zero attached hydrogens (tertiary/aromatic N) is 3. The minimum Gasteiger partial charge on any atom is -0.393 e. The Bertz CT molecular complexity index is 948. The van der Waals surface area contributed by atoms with Crippen molar-refractivity contribution in [2.45, 2.75) is 37.3 Å². The van der Waals surface area contributed by atoms with E-state index < -0.39 is 11.4 Å². The molecule has 2 aliphatic rings. The predicted octanol–water partition coefficient (Wildman–Crippen LogP) is 1.14. The van der Waals surface area contributed by atoms with Crippen LogP contribution in [0.25, 0.3) is 0 Å². The summed E-state index contributed by atoms with van der Waals surface area (Å²) in [7, 11) is 0. The van der Waals surface area contributed by atoms with Crippen molar-refractivity contribution in [3.63, 3.8) is 0 Å². The molecule has 9 nitrogen and oxygen atoms in total. The lowest BCUT2D eigenvalue weighted by atomic mass is 9.88. The number of carbonyl (C=O) groups is 2. The van der Waals surface area contributed by atoms with Gasteiger partial charge in [0.05, 0.1) is 23.0 Å². The molecule has 0 bridgehead atoms. The fourth-order valence-electron chi connectivity index (χ4n) is 4.01. The van der Waals surface area contributed by atoms with Crippen molar-refractivity contribution >= 4 is 39.7 Å². The van der Waals surface area contributed by atoms with Gasteiger partial charge in [-0.3, -0.25) is 9.59 Å². The Balaban J connectivity index is 1.42. The number of carbonyl (C=O) groups excluding carboxylic acids is 2. The number of aromatic nitrogens is 1. The van der Waals surface area contributed by atoms with Crippen LogP contribution < -0.4 is 26.6 Å². The summed E-state index contributed by atoms with van der Waals surface area (Å²) < 4.78 is 0. The molecule has 0 aliphatic carbocycles. The van der Waals surface area contributed by atoms with Gasteiger partial charge in [0.1, 0.15) is 5.69 Å². The maximum Gasteiger partial charge on any atom is 0.275 e. The van der Waals surface area contributed by atoms with Crippen LogP contribution in [-0.4, -0.2) is 59.7 Å². The van der Waals surface area contributed by atoms with Gasteiger partial charge in [-0.1, -0.05) is 12.1 Å². The van der Waals surface area contributed by atoms with Gasteiger partial charge in [-0.25, -0.2) is 4.98 Å². The molecule has 1 aromatic heterocycles. The summed E-state index contributed by atoms with van der Waals surface area (Å²) in [6.07, 6.45) is 2.09. The number of nitrogens with two attached hydrogens (primary N) is 2. The lowest BCUT2D eigenvalue weighted by molar-refractivity contribution is -0.123. The summed E-state index contributed by atoms with van der Waals surface area (Å²) in [4.78, 5) is 33.1. The van der Waals surface area contributed by atoms with E-state index in [0.717, 1.165) is 29.6 Å². The smallest absolute Gasteiger partial charge is 0.275 e. The first-order valence-corrected chi connectivity index (χ1v) is 11.4. The number of aliphatic hydroxyl groups is 1. The predicted molar refractivity (Wildman–Crippen MR) is 122 cm³/mol. The first kappa shape index (κ1) is 21.5. The molecular weight excluding hydrogens is 416 g/mol. The molecule has 10 heteroatoms. The number of hydrogen-bond acceptors (Lipinski definition) is 8. The molecule has 0 saturated carbocycles. The average Bonchev–Trinajstić information content (AvgIpc) is 3.26. The highest BCUT2D eigenvalue weighted by molar-refractivity contribution is 7.14. The molecule has 166 valence electrons. The molecule has 0 unspecified atom stereocenters. The summed E-state index contributed by atoms with van der Waals surface area (Å²) in [5.41, 5.74) is 12.5. The molecule has 2 saturated heterocycles. The number of aliphatic hydroxyl groups excluding tert-OH is 1. The molecule has 2 fully saturated rings. The molecule has 4 rings (SSSR count). The Morgan fingerprint density at radius 2 is 1.81 bits per heavy atom. The zero-order chi connectivity index (χ0) is 22.0. The normalized spacial score (nSPS) is 19.3. The van der Waals surface area contributed by atoms with E-state index in [2.05, 4.69) is 15.2 Å². The minimum absolute atomic E-state index is 0.256. The zero-order valence-corrected chi connectivity index (χ0v) is 18.1. The number of anilines is 3. The minimum atomic E-state index is -0.970. The van der Waals surface area contributed by atoms with Crippen molar-refractivity contribution in [3.05, 3.63) is 35.3 Å². The number of hydrogen-bond donors (Lipinski definition) is 4. The van der Waals surface area contributed by atoms with E-state index >= 15 is 0 Å². The number of amides is 2. The van der Waals surface area contributed by atoms with Crippen LogP contribution in [0.2, 0.25) is 0 Å². The quantitative estimate of drug-likeness (QED) is 0.542. The zero-order valence-electron chi connectivity index (χ0n) is 17.3. The number of piperidine rings is 2. The van der Waals surface area contributed by atoms with Crippen molar-refractivity contribution in [2.75, 3.05) is 41.3 Å². The molecule has 3 heterocycles. The van der Waals surface area contributed by atoms with Gasteiger partial charge < -0.3 is 31.7 Å². The maximum absolute atomic E-state index is 12.9. The van der Waals surface area contributed by atoms with E-state index in [9.17, 15) is 14.7 Å². The van der Waals surface area contributed by atoms with Gasteiger partial charge >= 0.3 is 0 Å². The number of rotatable bonds is 5. The Hall–Kier alpha value is -2.69. The standard InChI is InChI=1S/C21H28N6O3S/c22-19(30)21(23)7-11-27(12-8-21)20-25-16(13-31-20)18(29)24-15-3-1-2-4-17(15)26-9-5-14(28)6-10-26/h1-4,13-14,28H,5-12,23H2,(H2,22,30)(H,24,29).